The van der Waals surface area contributed by atoms with Gasteiger partial charge in [0.2, 0.25) is 47.3 Å². The van der Waals surface area contributed by atoms with E-state index in [1.54, 1.807) is 30.3 Å². The molecule has 14 N–H and O–H groups in total. The number of aliphatic hydroxyl groups is 1. The van der Waals surface area contributed by atoms with Crippen LogP contribution in [0, 0.1) is 5.92 Å². The number of amides is 10. The number of rotatable bonds is 30. The fourth-order valence-corrected chi connectivity index (χ4v) is 9.30. The number of fused-ring (bicyclic) bond motifs is 1. The number of benzene rings is 2. The van der Waals surface area contributed by atoms with Gasteiger partial charge in [0.1, 0.15) is 23.9 Å². The lowest BCUT2D eigenvalue weighted by atomic mass is 9.96. The molecule has 4 rings (SSSR count). The van der Waals surface area contributed by atoms with Gasteiger partial charge >= 0.3 is 6.03 Å². The van der Waals surface area contributed by atoms with Crippen LogP contribution in [0.15, 0.2) is 54.6 Å². The lowest BCUT2D eigenvalue weighted by Gasteiger charge is -2.25. The van der Waals surface area contributed by atoms with Gasteiger partial charge in [-0.15, -0.1) is 0 Å². The van der Waals surface area contributed by atoms with Crippen LogP contribution in [0.5, 0.6) is 5.75 Å². The summed E-state index contributed by atoms with van der Waals surface area (Å²) in [5, 5.41) is 49.9. The molecule has 2 aliphatic heterocycles. The average molecular weight is 969 g/mol. The molecule has 23 heteroatoms. The number of nitrogens with two attached hydrogens (primary N) is 1. The predicted molar refractivity (Wildman–Crippen MR) is 248 cm³/mol. The van der Waals surface area contributed by atoms with E-state index in [0.29, 0.717) is 48.6 Å². The molecule has 22 nitrogen and oxygen atoms in total. The summed E-state index contributed by atoms with van der Waals surface area (Å²) >= 11 is 1.83. The third-order valence-corrected chi connectivity index (χ3v) is 12.9. The van der Waals surface area contributed by atoms with Gasteiger partial charge in [-0.05, 0) is 68.2 Å². The number of aliphatic hydroxyl groups excluding tert-OH is 1. The van der Waals surface area contributed by atoms with E-state index < -0.39 is 84.9 Å². The number of aromatic hydroxyl groups is 1. The number of hydrogen-bond acceptors (Lipinski definition) is 13. The van der Waals surface area contributed by atoms with E-state index in [2.05, 4.69) is 42.5 Å². The second kappa shape index (κ2) is 28.7. The Morgan fingerprint density at radius 1 is 0.691 bits per heavy atom. The lowest BCUT2D eigenvalue weighted by molar-refractivity contribution is -0.137. The maximum Gasteiger partial charge on any atom is 0.315 e. The highest BCUT2D eigenvalue weighted by Gasteiger charge is 2.42. The molecule has 0 radical (unpaired) electrons. The van der Waals surface area contributed by atoms with Gasteiger partial charge in [-0.25, -0.2) is 10.3 Å². The maximum absolute atomic E-state index is 14.0. The normalized spacial score (nSPS) is 17.7. The monoisotopic (exact) mass is 968 g/mol. The molecule has 0 aromatic heterocycles. The first kappa shape index (κ1) is 54.1. The van der Waals surface area contributed by atoms with Gasteiger partial charge in [0, 0.05) is 55.8 Å². The number of hydroxylamine groups is 1. The largest absolute Gasteiger partial charge is 0.508 e. The van der Waals surface area contributed by atoms with Crippen molar-refractivity contribution in [1.82, 2.24) is 48.0 Å². The fourth-order valence-electron chi connectivity index (χ4n) is 7.76. The van der Waals surface area contributed by atoms with Gasteiger partial charge < -0.3 is 58.5 Å². The number of hydrogen-bond donors (Lipinski definition) is 13. The van der Waals surface area contributed by atoms with Crippen molar-refractivity contribution in [2.75, 3.05) is 32.0 Å². The first-order chi connectivity index (χ1) is 32.6. The summed E-state index contributed by atoms with van der Waals surface area (Å²) in [6, 6.07) is 11.0. The minimum atomic E-state index is -1.32. The van der Waals surface area contributed by atoms with Crippen molar-refractivity contribution in [1.29, 1.82) is 0 Å². The van der Waals surface area contributed by atoms with Crippen molar-refractivity contribution in [3.05, 3.63) is 65.7 Å². The number of urea groups is 1. The molecule has 1 unspecified atom stereocenters. The van der Waals surface area contributed by atoms with Gasteiger partial charge in [-0.1, -0.05) is 48.9 Å². The van der Waals surface area contributed by atoms with Crippen molar-refractivity contribution in [2.45, 2.75) is 113 Å². The van der Waals surface area contributed by atoms with Crippen LogP contribution in [0.4, 0.5) is 4.79 Å². The summed E-state index contributed by atoms with van der Waals surface area (Å²) in [6.45, 7) is -1.07. The van der Waals surface area contributed by atoms with Crippen LogP contribution >= 0.6 is 11.8 Å². The fraction of sp³-hybridized carbons (Fsp3) is 0.533. The Hall–Kier alpha value is -6.46. The van der Waals surface area contributed by atoms with Gasteiger partial charge in [0.15, 0.2) is 0 Å². The molecule has 2 aromatic rings. The Morgan fingerprint density at radius 3 is 2.06 bits per heavy atom. The maximum atomic E-state index is 14.0. The van der Waals surface area contributed by atoms with E-state index in [0.717, 1.165) is 18.6 Å². The molecule has 0 saturated carbocycles. The number of primary amides is 1. The number of phenolic OH excluding ortho intramolecular Hbond substituents is 1. The Labute approximate surface area is 398 Å². The zero-order valence-corrected chi connectivity index (χ0v) is 38.6. The van der Waals surface area contributed by atoms with Crippen molar-refractivity contribution in [2.24, 2.45) is 11.7 Å². The molecule has 0 aliphatic carbocycles. The quantitative estimate of drug-likeness (QED) is 0.0187. The molecule has 2 fully saturated rings. The predicted octanol–water partition coefficient (Wildman–Crippen LogP) is -1.35. The zero-order chi connectivity index (χ0) is 49.4. The van der Waals surface area contributed by atoms with Crippen LogP contribution in [0.1, 0.15) is 75.3 Å². The first-order valence-electron chi connectivity index (χ1n) is 22.7. The van der Waals surface area contributed by atoms with E-state index in [1.807, 2.05) is 11.8 Å². The minimum absolute atomic E-state index is 0.0402. The Balaban J connectivity index is 1.23. The van der Waals surface area contributed by atoms with E-state index in [-0.39, 0.29) is 68.5 Å². The SMILES string of the molecule is NC(=O)[C@H](CCCCNC(=O)CCCC[C@@H]1SC[C@@H]2NC(=O)N[C@@H]21)NC(=O)CNC(=O)CNC(=O)[C@H](Cc1ccccc1)NC(=O)[C@H](Cc1ccc(O)cc1)NC(=O)C(CCCO)CC(=O)NO. The Bertz CT molecular complexity index is 2030. The minimum Gasteiger partial charge on any atom is -0.508 e. The van der Waals surface area contributed by atoms with Crippen LogP contribution < -0.4 is 53.7 Å². The van der Waals surface area contributed by atoms with Gasteiger partial charge in [-0.3, -0.25) is 43.6 Å². The smallest absolute Gasteiger partial charge is 0.315 e. The van der Waals surface area contributed by atoms with Crippen molar-refractivity contribution in [3.63, 3.8) is 0 Å². The molecular weight excluding hydrogens is 905 g/mol. The molecule has 2 aromatic carbocycles. The molecule has 2 aliphatic rings. The molecule has 372 valence electrons. The molecule has 10 amide bonds. The number of unbranched alkanes of at least 4 members (excludes halogenated alkanes) is 2. The average Bonchev–Trinajstić information content (AvgIpc) is 3.88. The summed E-state index contributed by atoms with van der Waals surface area (Å²) in [5.74, 6) is -5.74. The second-order valence-electron chi connectivity index (χ2n) is 16.7. The summed E-state index contributed by atoms with van der Waals surface area (Å²) in [7, 11) is 0. The third kappa shape index (κ3) is 19.0. The summed E-state index contributed by atoms with van der Waals surface area (Å²) in [6.07, 6.45) is 3.60. The van der Waals surface area contributed by atoms with E-state index in [9.17, 15) is 53.4 Å². The number of thioether (sulfide) groups is 1. The van der Waals surface area contributed by atoms with E-state index in [4.69, 9.17) is 10.9 Å². The Kier molecular flexibility index (Phi) is 22.8. The van der Waals surface area contributed by atoms with E-state index >= 15 is 0 Å². The summed E-state index contributed by atoms with van der Waals surface area (Å²) < 4.78 is 0. The first-order valence-corrected chi connectivity index (χ1v) is 23.7. The molecule has 7 atom stereocenters. The lowest BCUT2D eigenvalue weighted by Crippen LogP contribution is -2.56. The molecule has 0 bridgehead atoms. The second-order valence-corrected chi connectivity index (χ2v) is 18.0. The highest BCUT2D eigenvalue weighted by atomic mass is 32.2. The molecule has 0 spiro atoms. The highest BCUT2D eigenvalue weighted by molar-refractivity contribution is 8.00. The highest BCUT2D eigenvalue weighted by Crippen LogP contribution is 2.33. The number of phenols is 1. The van der Waals surface area contributed by atoms with E-state index in [1.165, 1.54) is 29.7 Å². The molecular formula is C45H64N10O12S. The molecule has 2 saturated heterocycles. The Morgan fingerprint density at radius 2 is 1.37 bits per heavy atom. The van der Waals surface area contributed by atoms with Crippen molar-refractivity contribution >= 4 is 65.1 Å². The van der Waals surface area contributed by atoms with Gasteiger partial charge in [-0.2, -0.15) is 11.8 Å². The molecule has 2 heterocycles. The van der Waals surface area contributed by atoms with Crippen molar-refractivity contribution < 1.29 is 58.6 Å². The zero-order valence-electron chi connectivity index (χ0n) is 37.8. The van der Waals surface area contributed by atoms with Crippen LogP contribution in [-0.2, 0) is 51.2 Å². The number of carbonyl (C=O) groups is 9. The van der Waals surface area contributed by atoms with Crippen LogP contribution in [0.3, 0.4) is 0 Å². The summed E-state index contributed by atoms with van der Waals surface area (Å²) in [5.41, 5.74) is 8.15. The van der Waals surface area contributed by atoms with Gasteiger partial charge in [0.25, 0.3) is 0 Å². The van der Waals surface area contributed by atoms with Crippen LogP contribution in [-0.4, -0.2) is 136 Å². The standard InChI is InChI=1S/C45H64N10O12S/c46-41(62)31(12-6-7-19-47-36(58)14-5-4-13-35-40-34(26-68-35)53-45(66)54-40)50-39(61)25-48-38(60)24-49-43(64)32(21-27-9-2-1-3-10-27)52-44(65)33(22-28-15-17-30(57)18-16-28)51-42(63)29(11-8-20-56)23-37(59)55-67/h1-3,9-10,15-18,29,31-35,40,56-57,67H,4-8,11-14,19-26H2,(H2,46,62)(H,47,58)(H,48,60)(H,49,64)(H,50,61)(H,51,63)(H,52,65)(H,55,59)(H2,53,54,66)/t29?,31-,32-,33-,34-,35-,40-/m0/s1. The third-order valence-electron chi connectivity index (χ3n) is 11.4. The van der Waals surface area contributed by atoms with Gasteiger partial charge in [0.05, 0.1) is 25.2 Å². The molecule has 68 heavy (non-hydrogen) atoms. The number of carbonyl (C=O) groups excluding carboxylic acids is 9. The van der Waals surface area contributed by atoms with Crippen LogP contribution in [0.25, 0.3) is 0 Å². The summed E-state index contributed by atoms with van der Waals surface area (Å²) in [4.78, 5) is 115. The van der Waals surface area contributed by atoms with Crippen LogP contribution in [0.2, 0.25) is 0 Å². The topological polar surface area (TPSA) is 349 Å². The number of nitrogens with one attached hydrogen (secondary N) is 9. The van der Waals surface area contributed by atoms with Crippen molar-refractivity contribution in [3.8, 4) is 5.75 Å².